The predicted molar refractivity (Wildman–Crippen MR) is 165 cm³/mol. The lowest BCUT2D eigenvalue weighted by Gasteiger charge is -2.07. The zero-order valence-corrected chi connectivity index (χ0v) is 24.9. The summed E-state index contributed by atoms with van der Waals surface area (Å²) in [4.78, 5) is 0. The highest BCUT2D eigenvalue weighted by Crippen LogP contribution is 2.22. The van der Waals surface area contributed by atoms with Crippen LogP contribution < -0.4 is 0 Å². The number of phenolic OH excluding ortho intramolecular Hbond substituents is 2. The fraction of sp³-hybridized carbons (Fsp3) is 0.629. The van der Waals surface area contributed by atoms with Gasteiger partial charge in [-0.25, -0.2) is 0 Å². The highest BCUT2D eigenvalue weighted by atomic mass is 16.4. The number of hydrogen-bond acceptors (Lipinski definition) is 4. The third kappa shape index (κ3) is 15.0. The molecule has 0 unspecified atom stereocenters. The molecule has 0 heterocycles. The standard InChI is InChI=1S/C35H55NO3/c1-29-23-25-31(34(37)27-29)19-15-11-7-3-5-9-13-17-21-33(36-39)22-18-14-10-6-4-8-12-16-20-32-26-24-30(2)28-35(32)38/h23-28,37-39H,3-22H2,1-2H3. The Balaban J connectivity index is 1.34. The zero-order chi connectivity index (χ0) is 28.1. The summed E-state index contributed by atoms with van der Waals surface area (Å²) in [5.74, 6) is 0.889. The van der Waals surface area contributed by atoms with Gasteiger partial charge in [-0.15, -0.1) is 0 Å². The lowest BCUT2D eigenvalue weighted by molar-refractivity contribution is 0.315. The van der Waals surface area contributed by atoms with E-state index >= 15 is 0 Å². The molecule has 0 aromatic heterocycles. The van der Waals surface area contributed by atoms with Crippen LogP contribution in [0.4, 0.5) is 0 Å². The van der Waals surface area contributed by atoms with Crippen molar-refractivity contribution in [1.82, 2.24) is 0 Å². The second kappa shape index (κ2) is 20.4. The molecule has 4 nitrogen and oxygen atoms in total. The Kier molecular flexibility index (Phi) is 17.1. The molecule has 2 aromatic rings. The maximum absolute atomic E-state index is 10.00. The van der Waals surface area contributed by atoms with E-state index in [1.165, 1.54) is 77.0 Å². The van der Waals surface area contributed by atoms with Crippen molar-refractivity contribution in [2.75, 3.05) is 0 Å². The first-order valence-electron chi connectivity index (χ1n) is 15.8. The van der Waals surface area contributed by atoms with Crippen LogP contribution in [0.2, 0.25) is 0 Å². The lowest BCUT2D eigenvalue weighted by atomic mass is 10.0. The minimum Gasteiger partial charge on any atom is -0.508 e. The van der Waals surface area contributed by atoms with Crippen LogP contribution in [0.25, 0.3) is 0 Å². The molecular weight excluding hydrogens is 482 g/mol. The topological polar surface area (TPSA) is 73.1 Å². The van der Waals surface area contributed by atoms with Crippen LogP contribution in [-0.4, -0.2) is 21.1 Å². The first kappa shape index (κ1) is 32.7. The number of oxime groups is 1. The molecule has 2 aromatic carbocycles. The molecule has 39 heavy (non-hydrogen) atoms. The molecule has 0 bridgehead atoms. The molecule has 0 aliphatic heterocycles. The van der Waals surface area contributed by atoms with Crippen molar-refractivity contribution in [3.05, 3.63) is 58.7 Å². The minimum absolute atomic E-state index is 0.445. The molecule has 0 fully saturated rings. The number of aryl methyl sites for hydroxylation is 4. The molecule has 0 aliphatic rings. The van der Waals surface area contributed by atoms with Gasteiger partial charge in [-0.1, -0.05) is 106 Å². The molecule has 0 atom stereocenters. The number of rotatable bonds is 22. The number of benzene rings is 2. The summed E-state index contributed by atoms with van der Waals surface area (Å²) in [6, 6.07) is 12.0. The Labute approximate surface area is 238 Å². The van der Waals surface area contributed by atoms with E-state index in [-0.39, 0.29) is 0 Å². The smallest absolute Gasteiger partial charge is 0.119 e. The van der Waals surface area contributed by atoms with E-state index in [0.717, 1.165) is 79.3 Å². The van der Waals surface area contributed by atoms with Gasteiger partial charge in [0.2, 0.25) is 0 Å². The molecule has 0 radical (unpaired) electrons. The van der Waals surface area contributed by atoms with Gasteiger partial charge in [0.15, 0.2) is 0 Å². The third-order valence-electron chi connectivity index (χ3n) is 7.95. The monoisotopic (exact) mass is 537 g/mol. The van der Waals surface area contributed by atoms with Crippen molar-refractivity contribution in [1.29, 1.82) is 0 Å². The number of unbranched alkanes of at least 4 members (excludes halogenated alkanes) is 14. The summed E-state index contributed by atoms with van der Waals surface area (Å²) in [5.41, 5.74) is 5.35. The summed E-state index contributed by atoms with van der Waals surface area (Å²) in [7, 11) is 0. The average Bonchev–Trinajstić information content (AvgIpc) is 2.91. The molecule has 4 heteroatoms. The summed E-state index contributed by atoms with van der Waals surface area (Å²) in [6.07, 6.45) is 23.5. The highest BCUT2D eigenvalue weighted by molar-refractivity contribution is 5.83. The van der Waals surface area contributed by atoms with E-state index < -0.39 is 0 Å². The maximum Gasteiger partial charge on any atom is 0.119 e. The average molecular weight is 538 g/mol. The number of nitrogens with zero attached hydrogens (tertiary/aromatic N) is 1. The van der Waals surface area contributed by atoms with Gasteiger partial charge >= 0.3 is 0 Å². The fourth-order valence-electron chi connectivity index (χ4n) is 5.41. The van der Waals surface area contributed by atoms with Crippen molar-refractivity contribution >= 4 is 5.71 Å². The second-order valence-electron chi connectivity index (χ2n) is 11.6. The second-order valence-corrected chi connectivity index (χ2v) is 11.6. The van der Waals surface area contributed by atoms with Crippen LogP contribution in [0.3, 0.4) is 0 Å². The molecule has 3 N–H and O–H groups in total. The molecule has 0 amide bonds. The maximum atomic E-state index is 10.00. The van der Waals surface area contributed by atoms with Crippen molar-refractivity contribution in [3.8, 4) is 11.5 Å². The van der Waals surface area contributed by atoms with Gasteiger partial charge in [0, 0.05) is 0 Å². The molecule has 0 aliphatic carbocycles. The first-order valence-corrected chi connectivity index (χ1v) is 15.8. The molecule has 0 saturated heterocycles. The Morgan fingerprint density at radius 3 is 1.18 bits per heavy atom. The van der Waals surface area contributed by atoms with Gasteiger partial charge in [0.05, 0.1) is 5.71 Å². The normalized spacial score (nSPS) is 11.1. The lowest BCUT2D eigenvalue weighted by Crippen LogP contribution is -1.99. The molecule has 0 saturated carbocycles. The summed E-state index contributed by atoms with van der Waals surface area (Å²) >= 11 is 0. The molecule has 218 valence electrons. The Morgan fingerprint density at radius 2 is 0.846 bits per heavy atom. The van der Waals surface area contributed by atoms with E-state index in [4.69, 9.17) is 0 Å². The molecular formula is C35H55NO3. The van der Waals surface area contributed by atoms with Crippen LogP contribution in [0.1, 0.15) is 138 Å². The predicted octanol–water partition coefficient (Wildman–Crippen LogP) is 10.4. The van der Waals surface area contributed by atoms with Crippen LogP contribution in [-0.2, 0) is 12.8 Å². The minimum atomic E-state index is 0.445. The van der Waals surface area contributed by atoms with Gasteiger partial charge in [0.25, 0.3) is 0 Å². The third-order valence-corrected chi connectivity index (χ3v) is 7.95. The van der Waals surface area contributed by atoms with Crippen molar-refractivity contribution in [3.63, 3.8) is 0 Å². The van der Waals surface area contributed by atoms with Crippen LogP contribution in [0.5, 0.6) is 11.5 Å². The van der Waals surface area contributed by atoms with Gasteiger partial charge < -0.3 is 15.4 Å². The van der Waals surface area contributed by atoms with Gasteiger partial charge in [-0.3, -0.25) is 0 Å². The Morgan fingerprint density at radius 1 is 0.513 bits per heavy atom. The first-order chi connectivity index (χ1) is 19.0. The van der Waals surface area contributed by atoms with Crippen LogP contribution >= 0.6 is 0 Å². The van der Waals surface area contributed by atoms with Crippen molar-refractivity contribution in [2.45, 2.75) is 142 Å². The van der Waals surface area contributed by atoms with Crippen molar-refractivity contribution in [2.24, 2.45) is 5.16 Å². The summed E-state index contributed by atoms with van der Waals surface area (Å²) in [5, 5.41) is 32.9. The number of hydrogen-bond donors (Lipinski definition) is 3. The van der Waals surface area contributed by atoms with Crippen LogP contribution in [0.15, 0.2) is 41.6 Å². The van der Waals surface area contributed by atoms with E-state index in [2.05, 4.69) is 29.4 Å². The van der Waals surface area contributed by atoms with Gasteiger partial charge in [-0.2, -0.15) is 0 Å². The van der Waals surface area contributed by atoms with E-state index in [1.807, 2.05) is 26.0 Å². The van der Waals surface area contributed by atoms with Crippen LogP contribution in [0, 0.1) is 13.8 Å². The Bertz CT molecular complexity index is 879. The number of aromatic hydroxyl groups is 2. The summed E-state index contributed by atoms with van der Waals surface area (Å²) in [6.45, 7) is 4.02. The van der Waals surface area contributed by atoms with E-state index in [0.29, 0.717) is 11.5 Å². The summed E-state index contributed by atoms with van der Waals surface area (Å²) < 4.78 is 0. The van der Waals surface area contributed by atoms with E-state index in [1.54, 1.807) is 0 Å². The Hall–Kier alpha value is -2.49. The fourth-order valence-corrected chi connectivity index (χ4v) is 5.41. The van der Waals surface area contributed by atoms with Crippen molar-refractivity contribution < 1.29 is 15.4 Å². The number of phenols is 2. The quantitative estimate of drug-likeness (QED) is 0.0605. The molecule has 2 rings (SSSR count). The zero-order valence-electron chi connectivity index (χ0n) is 24.9. The largest absolute Gasteiger partial charge is 0.508 e. The highest BCUT2D eigenvalue weighted by Gasteiger charge is 2.04. The van der Waals surface area contributed by atoms with E-state index in [9.17, 15) is 15.4 Å². The SMILES string of the molecule is Cc1ccc(CCCCCCCCCCC(CCCCCCCCCCc2ccc(C)cc2O)=NO)c(O)c1. The molecule has 0 spiro atoms. The van der Waals surface area contributed by atoms with Gasteiger partial charge in [-0.05, 0) is 99.6 Å². The van der Waals surface area contributed by atoms with Gasteiger partial charge in [0.1, 0.15) is 11.5 Å².